The molecule has 0 bridgehead atoms. The average molecular weight is 397 g/mol. The molecule has 7 nitrogen and oxygen atoms in total. The molecule has 0 fully saturated rings. The van der Waals surface area contributed by atoms with Crippen LogP contribution in [0, 0.1) is 0 Å². The summed E-state index contributed by atoms with van der Waals surface area (Å²) >= 11 is 7.19. The summed E-state index contributed by atoms with van der Waals surface area (Å²) in [6.45, 7) is 8.39. The van der Waals surface area contributed by atoms with Gasteiger partial charge in [0, 0.05) is 10.6 Å². The Morgan fingerprint density at radius 2 is 1.85 bits per heavy atom. The lowest BCUT2D eigenvalue weighted by atomic mass is 10.1. The summed E-state index contributed by atoms with van der Waals surface area (Å²) in [5, 5.41) is 14.8. The van der Waals surface area contributed by atoms with Crippen LogP contribution in [-0.2, 0) is 9.53 Å². The Morgan fingerprint density at radius 3 is 2.46 bits per heavy atom. The topological polar surface area (TPSA) is 93.2 Å². The first kappa shape index (κ1) is 20.1. The lowest BCUT2D eigenvalue weighted by Crippen LogP contribution is -2.53. The molecule has 2 aromatic rings. The molecule has 0 saturated heterocycles. The molecule has 1 heterocycles. The number of rotatable bonds is 4. The van der Waals surface area contributed by atoms with E-state index in [-0.39, 0.29) is 0 Å². The third-order valence-corrected chi connectivity index (χ3v) is 4.22. The van der Waals surface area contributed by atoms with E-state index >= 15 is 0 Å². The van der Waals surface area contributed by atoms with E-state index in [9.17, 15) is 9.59 Å². The van der Waals surface area contributed by atoms with Crippen LogP contribution in [-0.4, -0.2) is 33.3 Å². The zero-order valence-corrected chi connectivity index (χ0v) is 16.8. The summed E-state index contributed by atoms with van der Waals surface area (Å²) in [6, 6.07) is 7.19. The molecule has 1 aromatic heterocycles. The largest absolute Gasteiger partial charge is 0.444 e. The van der Waals surface area contributed by atoms with E-state index in [0.29, 0.717) is 15.2 Å². The molecule has 0 aliphatic heterocycles. The summed E-state index contributed by atoms with van der Waals surface area (Å²) in [5.74, 6) is -0.433. The van der Waals surface area contributed by atoms with Crippen molar-refractivity contribution in [3.8, 4) is 10.6 Å². The predicted molar refractivity (Wildman–Crippen MR) is 102 cm³/mol. The van der Waals surface area contributed by atoms with Crippen molar-refractivity contribution in [3.05, 3.63) is 29.3 Å². The lowest BCUT2D eigenvalue weighted by molar-refractivity contribution is -0.121. The number of nitrogens with zero attached hydrogens (tertiary/aromatic N) is 2. The maximum atomic E-state index is 12.5. The van der Waals surface area contributed by atoms with Crippen LogP contribution in [0.3, 0.4) is 0 Å². The zero-order valence-electron chi connectivity index (χ0n) is 15.2. The van der Waals surface area contributed by atoms with Gasteiger partial charge in [-0.15, -0.1) is 10.2 Å². The van der Waals surface area contributed by atoms with Crippen molar-refractivity contribution < 1.29 is 14.3 Å². The van der Waals surface area contributed by atoms with Crippen LogP contribution in [0.5, 0.6) is 0 Å². The first-order chi connectivity index (χ1) is 12.0. The number of ether oxygens (including phenoxy) is 1. The van der Waals surface area contributed by atoms with Gasteiger partial charge in [0.05, 0.1) is 0 Å². The second-order valence-corrected chi connectivity index (χ2v) is 8.54. The normalized spacial score (nSPS) is 11.8. The standard InChI is InChI=1S/C17H21ClN4O3S/c1-16(2,3)25-15(24)20-17(4,5)13(23)19-14-22-21-12(26-14)10-7-6-8-11(18)9-10/h6-9H,1-5H3,(H,20,24)(H,19,22,23). The van der Waals surface area contributed by atoms with Gasteiger partial charge in [-0.3, -0.25) is 10.1 Å². The van der Waals surface area contributed by atoms with Crippen LogP contribution in [0.15, 0.2) is 24.3 Å². The Labute approximate surface area is 161 Å². The second-order valence-electron chi connectivity index (χ2n) is 7.13. The summed E-state index contributed by atoms with van der Waals surface area (Å²) in [7, 11) is 0. The maximum Gasteiger partial charge on any atom is 0.408 e. The number of hydrogen-bond acceptors (Lipinski definition) is 6. The van der Waals surface area contributed by atoms with Crippen LogP contribution >= 0.6 is 22.9 Å². The van der Waals surface area contributed by atoms with Crippen LogP contribution < -0.4 is 10.6 Å². The number of benzene rings is 1. The predicted octanol–water partition coefficient (Wildman–Crippen LogP) is 4.10. The minimum absolute atomic E-state index is 0.323. The van der Waals surface area contributed by atoms with E-state index in [2.05, 4.69) is 20.8 Å². The van der Waals surface area contributed by atoms with E-state index in [1.54, 1.807) is 46.8 Å². The first-order valence-corrected chi connectivity index (χ1v) is 9.08. The average Bonchev–Trinajstić information content (AvgIpc) is 2.93. The van der Waals surface area contributed by atoms with Crippen LogP contribution in [0.1, 0.15) is 34.6 Å². The Morgan fingerprint density at radius 1 is 1.15 bits per heavy atom. The number of amides is 2. The molecule has 0 saturated carbocycles. The highest BCUT2D eigenvalue weighted by Crippen LogP contribution is 2.28. The summed E-state index contributed by atoms with van der Waals surface area (Å²) < 4.78 is 5.18. The maximum absolute atomic E-state index is 12.5. The Balaban J connectivity index is 2.04. The van der Waals surface area contributed by atoms with Gasteiger partial charge in [-0.1, -0.05) is 35.1 Å². The Kier molecular flexibility index (Phi) is 5.87. The van der Waals surface area contributed by atoms with E-state index in [4.69, 9.17) is 16.3 Å². The third kappa shape index (κ3) is 5.67. The van der Waals surface area contributed by atoms with Crippen molar-refractivity contribution in [3.63, 3.8) is 0 Å². The summed E-state index contributed by atoms with van der Waals surface area (Å²) in [4.78, 5) is 24.4. The van der Waals surface area contributed by atoms with E-state index in [1.807, 2.05) is 12.1 Å². The smallest absolute Gasteiger partial charge is 0.408 e. The van der Waals surface area contributed by atoms with Crippen LogP contribution in [0.25, 0.3) is 10.6 Å². The molecule has 2 rings (SSSR count). The number of carbonyl (C=O) groups excluding carboxylic acids is 2. The van der Waals surface area contributed by atoms with Crippen molar-refractivity contribution >= 4 is 40.1 Å². The molecule has 2 amide bonds. The van der Waals surface area contributed by atoms with Crippen molar-refractivity contribution in [2.75, 3.05) is 5.32 Å². The number of aromatic nitrogens is 2. The fourth-order valence-corrected chi connectivity index (χ4v) is 2.81. The quantitative estimate of drug-likeness (QED) is 0.811. The molecule has 0 atom stereocenters. The van der Waals surface area contributed by atoms with Gasteiger partial charge in [-0.25, -0.2) is 4.79 Å². The SMILES string of the molecule is CC(C)(C)OC(=O)NC(C)(C)C(=O)Nc1nnc(-c2cccc(Cl)c2)s1. The van der Waals surface area contributed by atoms with Gasteiger partial charge >= 0.3 is 6.09 Å². The zero-order chi connectivity index (χ0) is 19.5. The molecule has 0 unspecified atom stereocenters. The van der Waals surface area contributed by atoms with E-state index in [0.717, 1.165) is 5.56 Å². The molecule has 0 radical (unpaired) electrons. The summed E-state index contributed by atoms with van der Waals surface area (Å²) in [5.41, 5.74) is -1.03. The highest BCUT2D eigenvalue weighted by molar-refractivity contribution is 7.18. The fourth-order valence-electron chi connectivity index (χ4n) is 1.88. The van der Waals surface area contributed by atoms with Crippen molar-refractivity contribution in [2.45, 2.75) is 45.8 Å². The first-order valence-electron chi connectivity index (χ1n) is 7.88. The molecular weight excluding hydrogens is 376 g/mol. The van der Waals surface area contributed by atoms with Crippen molar-refractivity contribution in [1.82, 2.24) is 15.5 Å². The number of hydrogen-bond donors (Lipinski definition) is 2. The highest BCUT2D eigenvalue weighted by atomic mass is 35.5. The number of carbonyl (C=O) groups is 2. The molecule has 0 aliphatic rings. The number of alkyl carbamates (subject to hydrolysis) is 1. The van der Waals surface area contributed by atoms with Crippen molar-refractivity contribution in [1.29, 1.82) is 0 Å². The molecule has 0 aliphatic carbocycles. The van der Waals surface area contributed by atoms with E-state index < -0.39 is 23.1 Å². The summed E-state index contributed by atoms with van der Waals surface area (Å²) in [6.07, 6.45) is -0.672. The van der Waals surface area contributed by atoms with Gasteiger partial charge in [0.1, 0.15) is 16.1 Å². The van der Waals surface area contributed by atoms with Gasteiger partial charge in [-0.2, -0.15) is 0 Å². The molecule has 26 heavy (non-hydrogen) atoms. The number of halogens is 1. The molecule has 2 N–H and O–H groups in total. The van der Waals surface area contributed by atoms with Gasteiger partial charge < -0.3 is 10.1 Å². The van der Waals surface area contributed by atoms with Gasteiger partial charge in [0.25, 0.3) is 5.91 Å². The third-order valence-electron chi connectivity index (χ3n) is 3.10. The van der Waals surface area contributed by atoms with Gasteiger partial charge in [0.15, 0.2) is 0 Å². The van der Waals surface area contributed by atoms with Gasteiger partial charge in [-0.05, 0) is 46.8 Å². The monoisotopic (exact) mass is 396 g/mol. The second kappa shape index (κ2) is 7.59. The molecule has 9 heteroatoms. The minimum atomic E-state index is -1.19. The number of anilines is 1. The minimum Gasteiger partial charge on any atom is -0.444 e. The molecule has 140 valence electrons. The Bertz CT molecular complexity index is 814. The molecular formula is C17H21ClN4O3S. The number of nitrogens with one attached hydrogen (secondary N) is 2. The molecule has 0 spiro atoms. The Hall–Kier alpha value is -2.19. The fraction of sp³-hybridized carbons (Fsp3) is 0.412. The lowest BCUT2D eigenvalue weighted by Gasteiger charge is -2.27. The van der Waals surface area contributed by atoms with Crippen molar-refractivity contribution in [2.24, 2.45) is 0 Å². The highest BCUT2D eigenvalue weighted by Gasteiger charge is 2.32. The van der Waals surface area contributed by atoms with E-state index in [1.165, 1.54) is 11.3 Å². The van der Waals surface area contributed by atoms with Gasteiger partial charge in [0.2, 0.25) is 5.13 Å². The van der Waals surface area contributed by atoms with Crippen LogP contribution in [0.4, 0.5) is 9.93 Å². The van der Waals surface area contributed by atoms with Crippen LogP contribution in [0.2, 0.25) is 5.02 Å². The molecule has 1 aromatic carbocycles.